The third kappa shape index (κ3) is 2.77. The molecule has 1 atom stereocenters. The Kier molecular flexibility index (Phi) is 3.66. The molecule has 1 fully saturated rings. The monoisotopic (exact) mass is 346 g/mol. The molecule has 0 radical (unpaired) electrons. The summed E-state index contributed by atoms with van der Waals surface area (Å²) in [4.78, 5) is 17.6. The lowest BCUT2D eigenvalue weighted by Crippen LogP contribution is -2.26. The van der Waals surface area contributed by atoms with Crippen molar-refractivity contribution in [3.05, 3.63) is 18.2 Å². The van der Waals surface area contributed by atoms with Crippen molar-refractivity contribution in [2.24, 2.45) is 0 Å². The number of aromatic nitrogens is 1. The van der Waals surface area contributed by atoms with Crippen molar-refractivity contribution >= 4 is 55.1 Å². The molecule has 0 spiro atoms. The minimum Gasteiger partial charge on any atom is -0.311 e. The van der Waals surface area contributed by atoms with Crippen LogP contribution in [0.25, 0.3) is 10.2 Å². The van der Waals surface area contributed by atoms with Crippen LogP contribution in [0.2, 0.25) is 0 Å². The Labute approximate surface area is 129 Å². The number of fused-ring (bicyclic) bond motifs is 1. The second kappa shape index (κ2) is 5.22. The smallest absolute Gasteiger partial charge is 0.307 e. The van der Waals surface area contributed by atoms with Crippen molar-refractivity contribution in [1.82, 2.24) is 4.98 Å². The number of hydrogen-bond acceptors (Lipinski definition) is 6. The molecule has 21 heavy (non-hydrogen) atoms. The zero-order valence-corrected chi connectivity index (χ0v) is 13.4. The van der Waals surface area contributed by atoms with Crippen LogP contribution in [-0.4, -0.2) is 37.4 Å². The molecule has 2 heterocycles. The summed E-state index contributed by atoms with van der Waals surface area (Å²) in [5.74, 6) is -0.379. The number of amides is 1. The Balaban J connectivity index is 1.95. The SMILES string of the molecule is CSc1nc2ccc(N3CC(S(=O)(=O)F)CC3=O)cc2s1. The molecular weight excluding hydrogens is 335 g/mol. The first-order valence-corrected chi connectivity index (χ1v) is 9.55. The molecule has 0 N–H and O–H groups in total. The number of halogens is 1. The van der Waals surface area contributed by atoms with E-state index in [1.54, 1.807) is 18.2 Å². The van der Waals surface area contributed by atoms with Gasteiger partial charge in [-0.3, -0.25) is 4.79 Å². The summed E-state index contributed by atoms with van der Waals surface area (Å²) in [6.07, 6.45) is 1.62. The molecule has 5 nitrogen and oxygen atoms in total. The predicted octanol–water partition coefficient (Wildman–Crippen LogP) is 2.42. The number of rotatable bonds is 3. The van der Waals surface area contributed by atoms with Gasteiger partial charge in [0.1, 0.15) is 5.25 Å². The Hall–Kier alpha value is -1.19. The minimum absolute atomic E-state index is 0.142. The van der Waals surface area contributed by atoms with Gasteiger partial charge in [-0.25, -0.2) is 4.98 Å². The van der Waals surface area contributed by atoms with Gasteiger partial charge >= 0.3 is 10.2 Å². The van der Waals surface area contributed by atoms with Crippen molar-refractivity contribution < 1.29 is 17.1 Å². The van der Waals surface area contributed by atoms with Gasteiger partial charge in [-0.1, -0.05) is 11.8 Å². The molecule has 1 aromatic carbocycles. The van der Waals surface area contributed by atoms with Gasteiger partial charge in [-0.05, 0) is 24.5 Å². The van der Waals surface area contributed by atoms with E-state index in [4.69, 9.17) is 0 Å². The van der Waals surface area contributed by atoms with Gasteiger partial charge in [0.2, 0.25) is 5.91 Å². The zero-order chi connectivity index (χ0) is 15.2. The van der Waals surface area contributed by atoms with E-state index >= 15 is 0 Å². The number of carbonyl (C=O) groups excluding carboxylic acids is 1. The quantitative estimate of drug-likeness (QED) is 0.631. The van der Waals surface area contributed by atoms with Gasteiger partial charge in [0.05, 0.1) is 10.2 Å². The molecule has 1 aliphatic heterocycles. The van der Waals surface area contributed by atoms with Crippen molar-refractivity contribution in [3.63, 3.8) is 0 Å². The maximum atomic E-state index is 13.0. The van der Waals surface area contributed by atoms with Crippen LogP contribution in [0.3, 0.4) is 0 Å². The van der Waals surface area contributed by atoms with Crippen LogP contribution < -0.4 is 4.90 Å². The van der Waals surface area contributed by atoms with E-state index in [1.807, 2.05) is 6.26 Å². The lowest BCUT2D eigenvalue weighted by Gasteiger charge is -2.15. The molecule has 3 rings (SSSR count). The molecule has 1 aromatic heterocycles. The third-order valence-corrected chi connectivity index (χ3v) is 6.44. The van der Waals surface area contributed by atoms with E-state index in [1.165, 1.54) is 28.0 Å². The van der Waals surface area contributed by atoms with E-state index in [2.05, 4.69) is 4.98 Å². The second-order valence-corrected chi connectivity index (χ2v) is 8.34. The van der Waals surface area contributed by atoms with Gasteiger partial charge in [-0.2, -0.15) is 8.42 Å². The first-order valence-electron chi connectivity index (χ1n) is 6.07. The standard InChI is InChI=1S/C12H11FN2O3S3/c1-19-12-14-9-3-2-7(4-10(9)20-12)15-6-8(5-11(15)16)21(13,17)18/h2-4,8H,5-6H2,1H3. The summed E-state index contributed by atoms with van der Waals surface area (Å²) >= 11 is 3.03. The summed E-state index contributed by atoms with van der Waals surface area (Å²) in [5, 5.41) is -1.27. The highest BCUT2D eigenvalue weighted by molar-refractivity contribution is 8.00. The lowest BCUT2D eigenvalue weighted by atomic mass is 10.3. The first kappa shape index (κ1) is 14.7. The predicted molar refractivity (Wildman–Crippen MR) is 82.2 cm³/mol. The number of thiazole rings is 1. The molecular formula is C12H11FN2O3S3. The normalized spacial score (nSPS) is 19.6. The molecule has 2 aromatic rings. The topological polar surface area (TPSA) is 67.3 Å². The fraction of sp³-hybridized carbons (Fsp3) is 0.333. The fourth-order valence-electron chi connectivity index (χ4n) is 2.26. The van der Waals surface area contributed by atoms with Gasteiger partial charge in [0.15, 0.2) is 4.34 Å². The van der Waals surface area contributed by atoms with Crippen molar-refractivity contribution in [1.29, 1.82) is 0 Å². The van der Waals surface area contributed by atoms with E-state index < -0.39 is 15.5 Å². The van der Waals surface area contributed by atoms with Crippen LogP contribution in [0.4, 0.5) is 9.57 Å². The molecule has 0 bridgehead atoms. The molecule has 9 heteroatoms. The number of thioether (sulfide) groups is 1. The molecule has 112 valence electrons. The highest BCUT2D eigenvalue weighted by Gasteiger charge is 2.39. The molecule has 1 saturated heterocycles. The van der Waals surface area contributed by atoms with Gasteiger partial charge in [0, 0.05) is 18.7 Å². The Bertz CT molecular complexity index is 818. The van der Waals surface area contributed by atoms with E-state index in [0.29, 0.717) is 5.69 Å². The van der Waals surface area contributed by atoms with Crippen molar-refractivity contribution in [2.75, 3.05) is 17.7 Å². The third-order valence-electron chi connectivity index (χ3n) is 3.33. The average molecular weight is 346 g/mol. The zero-order valence-electron chi connectivity index (χ0n) is 10.9. The van der Waals surface area contributed by atoms with Crippen LogP contribution in [0.1, 0.15) is 6.42 Å². The number of anilines is 1. The number of nitrogens with zero attached hydrogens (tertiary/aromatic N) is 2. The van der Waals surface area contributed by atoms with Crippen molar-refractivity contribution in [3.8, 4) is 0 Å². The van der Waals surface area contributed by atoms with E-state index in [-0.39, 0.29) is 18.9 Å². The minimum atomic E-state index is -4.69. The second-order valence-electron chi connectivity index (χ2n) is 4.64. The number of benzene rings is 1. The first-order chi connectivity index (χ1) is 9.88. The van der Waals surface area contributed by atoms with Crippen molar-refractivity contribution in [2.45, 2.75) is 16.0 Å². The summed E-state index contributed by atoms with van der Waals surface area (Å²) < 4.78 is 36.8. The molecule has 0 saturated carbocycles. The van der Waals surface area contributed by atoms with E-state index in [9.17, 15) is 17.1 Å². The molecule has 1 amide bonds. The van der Waals surface area contributed by atoms with Crippen LogP contribution in [0.5, 0.6) is 0 Å². The summed E-state index contributed by atoms with van der Waals surface area (Å²) in [6, 6.07) is 5.28. The maximum absolute atomic E-state index is 13.0. The summed E-state index contributed by atoms with van der Waals surface area (Å²) in [6.45, 7) is -0.142. The van der Waals surface area contributed by atoms with Gasteiger partial charge in [-0.15, -0.1) is 15.2 Å². The number of hydrogen-bond donors (Lipinski definition) is 0. The van der Waals surface area contributed by atoms with Gasteiger partial charge in [0.25, 0.3) is 0 Å². The largest absolute Gasteiger partial charge is 0.311 e. The fourth-order valence-corrected chi connectivity index (χ4v) is 4.45. The van der Waals surface area contributed by atoms with Crippen LogP contribution in [0.15, 0.2) is 22.5 Å². The molecule has 0 aliphatic carbocycles. The van der Waals surface area contributed by atoms with Crippen LogP contribution in [0, 0.1) is 0 Å². The Morgan fingerprint density at radius 3 is 2.86 bits per heavy atom. The molecule has 1 unspecified atom stereocenters. The van der Waals surface area contributed by atoms with Crippen LogP contribution in [-0.2, 0) is 15.0 Å². The average Bonchev–Trinajstić information content (AvgIpc) is 3.00. The lowest BCUT2D eigenvalue weighted by molar-refractivity contribution is -0.117. The summed E-state index contributed by atoms with van der Waals surface area (Å²) in [5.41, 5.74) is 1.41. The Morgan fingerprint density at radius 2 is 2.24 bits per heavy atom. The highest BCUT2D eigenvalue weighted by atomic mass is 32.3. The van der Waals surface area contributed by atoms with Crippen LogP contribution >= 0.6 is 23.1 Å². The molecule has 1 aliphatic rings. The summed E-state index contributed by atoms with van der Waals surface area (Å²) in [7, 11) is -4.69. The number of carbonyl (C=O) groups is 1. The Morgan fingerprint density at radius 1 is 1.48 bits per heavy atom. The maximum Gasteiger partial charge on any atom is 0.307 e. The highest BCUT2D eigenvalue weighted by Crippen LogP contribution is 2.33. The van der Waals surface area contributed by atoms with E-state index in [0.717, 1.165) is 14.6 Å². The van der Waals surface area contributed by atoms with Gasteiger partial charge < -0.3 is 4.90 Å².